The van der Waals surface area contributed by atoms with Crippen molar-refractivity contribution in [3.63, 3.8) is 0 Å². The van der Waals surface area contributed by atoms with Crippen molar-refractivity contribution < 1.29 is 9.18 Å². The summed E-state index contributed by atoms with van der Waals surface area (Å²) in [7, 11) is 0. The fourth-order valence-electron chi connectivity index (χ4n) is 0.818. The van der Waals surface area contributed by atoms with Gasteiger partial charge in [-0.3, -0.25) is 4.79 Å². The molecular formula is C8H8ClFN2OS. The maximum absolute atomic E-state index is 12.8. The molecule has 1 rings (SSSR count). The standard InChI is InChI=1S/C8H8ClFN2OS/c9-4-1-7(14-3-8(12)13)6(11)2-5(4)10/h1-2H,3,11H2,(H2,12,13). The largest absolute Gasteiger partial charge is 0.398 e. The molecule has 0 heterocycles. The fraction of sp³-hybridized carbons (Fsp3) is 0.125. The number of hydrogen-bond donors (Lipinski definition) is 2. The summed E-state index contributed by atoms with van der Waals surface area (Å²) in [6.07, 6.45) is 0. The first-order valence-electron chi connectivity index (χ1n) is 3.66. The van der Waals surface area contributed by atoms with E-state index in [1.165, 1.54) is 6.07 Å². The Hall–Kier alpha value is -0.940. The average molecular weight is 235 g/mol. The van der Waals surface area contributed by atoms with E-state index in [2.05, 4.69) is 0 Å². The molecule has 0 fully saturated rings. The molecule has 1 amide bonds. The van der Waals surface area contributed by atoms with E-state index in [0.717, 1.165) is 17.8 Å². The van der Waals surface area contributed by atoms with E-state index < -0.39 is 11.7 Å². The molecule has 0 aliphatic rings. The van der Waals surface area contributed by atoms with Crippen LogP contribution in [0, 0.1) is 5.82 Å². The number of nitrogens with two attached hydrogens (primary N) is 2. The molecule has 0 aliphatic carbocycles. The molecule has 0 aliphatic heterocycles. The molecule has 0 radical (unpaired) electrons. The van der Waals surface area contributed by atoms with Gasteiger partial charge >= 0.3 is 0 Å². The zero-order valence-corrected chi connectivity index (χ0v) is 8.66. The van der Waals surface area contributed by atoms with Crippen molar-refractivity contribution in [3.8, 4) is 0 Å². The molecule has 3 nitrogen and oxygen atoms in total. The predicted octanol–water partition coefficient (Wildman–Crippen LogP) is 1.64. The molecular weight excluding hydrogens is 227 g/mol. The van der Waals surface area contributed by atoms with Gasteiger partial charge < -0.3 is 11.5 Å². The monoisotopic (exact) mass is 234 g/mol. The summed E-state index contributed by atoms with van der Waals surface area (Å²) in [5, 5.41) is -0.0221. The Morgan fingerprint density at radius 1 is 1.57 bits per heavy atom. The quantitative estimate of drug-likeness (QED) is 0.617. The van der Waals surface area contributed by atoms with Crippen molar-refractivity contribution in [3.05, 3.63) is 23.0 Å². The topological polar surface area (TPSA) is 69.1 Å². The Morgan fingerprint density at radius 3 is 2.79 bits per heavy atom. The van der Waals surface area contributed by atoms with Crippen LogP contribution < -0.4 is 11.5 Å². The lowest BCUT2D eigenvalue weighted by atomic mass is 10.3. The van der Waals surface area contributed by atoms with E-state index in [1.54, 1.807) is 0 Å². The second-order valence-electron chi connectivity index (χ2n) is 2.56. The van der Waals surface area contributed by atoms with Gasteiger partial charge in [-0.05, 0) is 12.1 Å². The summed E-state index contributed by atoms with van der Waals surface area (Å²) in [5.74, 6) is -0.950. The van der Waals surface area contributed by atoms with Crippen LogP contribution in [-0.2, 0) is 4.79 Å². The molecule has 4 N–H and O–H groups in total. The smallest absolute Gasteiger partial charge is 0.227 e. The van der Waals surface area contributed by atoms with Crippen molar-refractivity contribution in [2.75, 3.05) is 11.5 Å². The number of anilines is 1. The highest BCUT2D eigenvalue weighted by atomic mass is 35.5. The number of benzene rings is 1. The van der Waals surface area contributed by atoms with Crippen molar-refractivity contribution in [2.24, 2.45) is 5.73 Å². The normalized spacial score (nSPS) is 10.1. The van der Waals surface area contributed by atoms with Crippen molar-refractivity contribution >= 4 is 35.0 Å². The number of rotatable bonds is 3. The number of thioether (sulfide) groups is 1. The van der Waals surface area contributed by atoms with Crippen LogP contribution in [0.2, 0.25) is 5.02 Å². The van der Waals surface area contributed by atoms with Gasteiger partial charge in [0.15, 0.2) is 0 Å². The van der Waals surface area contributed by atoms with Crippen molar-refractivity contribution in [1.82, 2.24) is 0 Å². The molecule has 76 valence electrons. The lowest BCUT2D eigenvalue weighted by Crippen LogP contribution is -2.13. The number of primary amides is 1. The molecule has 0 unspecified atom stereocenters. The van der Waals surface area contributed by atoms with E-state index in [9.17, 15) is 9.18 Å². The Labute approximate surface area is 89.6 Å². The number of carbonyl (C=O) groups excluding carboxylic acids is 1. The summed E-state index contributed by atoms with van der Waals surface area (Å²) in [5.41, 5.74) is 10.7. The highest BCUT2D eigenvalue weighted by Gasteiger charge is 2.07. The first kappa shape index (κ1) is 11.1. The Bertz CT molecular complexity index is 373. The van der Waals surface area contributed by atoms with Gasteiger partial charge in [0.1, 0.15) is 5.82 Å². The maximum Gasteiger partial charge on any atom is 0.227 e. The van der Waals surface area contributed by atoms with Crippen LogP contribution in [0.3, 0.4) is 0 Å². The molecule has 14 heavy (non-hydrogen) atoms. The van der Waals surface area contributed by atoms with Crippen LogP contribution in [0.25, 0.3) is 0 Å². The van der Waals surface area contributed by atoms with E-state index in [4.69, 9.17) is 23.1 Å². The van der Waals surface area contributed by atoms with E-state index in [-0.39, 0.29) is 16.5 Å². The first-order chi connectivity index (χ1) is 6.50. The average Bonchev–Trinajstić information content (AvgIpc) is 2.09. The Balaban J connectivity index is 2.87. The van der Waals surface area contributed by atoms with E-state index in [1.807, 2.05) is 0 Å². The van der Waals surface area contributed by atoms with Gasteiger partial charge in [0, 0.05) is 10.6 Å². The van der Waals surface area contributed by atoms with Gasteiger partial charge in [-0.2, -0.15) is 0 Å². The fourth-order valence-corrected chi connectivity index (χ4v) is 1.77. The third kappa shape index (κ3) is 2.78. The van der Waals surface area contributed by atoms with Crippen molar-refractivity contribution in [2.45, 2.75) is 4.90 Å². The lowest BCUT2D eigenvalue weighted by molar-refractivity contribution is -0.115. The predicted molar refractivity (Wildman–Crippen MR) is 55.7 cm³/mol. The van der Waals surface area contributed by atoms with Crippen molar-refractivity contribution in [1.29, 1.82) is 0 Å². The highest BCUT2D eigenvalue weighted by molar-refractivity contribution is 8.00. The van der Waals surface area contributed by atoms with Gasteiger partial charge in [-0.1, -0.05) is 11.6 Å². The summed E-state index contributed by atoms with van der Waals surface area (Å²) in [4.78, 5) is 11.0. The molecule has 0 bridgehead atoms. The molecule has 0 saturated heterocycles. The highest BCUT2D eigenvalue weighted by Crippen LogP contribution is 2.29. The summed E-state index contributed by atoms with van der Waals surface area (Å²) < 4.78 is 12.8. The van der Waals surface area contributed by atoms with Crippen LogP contribution in [0.1, 0.15) is 0 Å². The SMILES string of the molecule is NC(=O)CSc1cc(Cl)c(F)cc1N. The molecule has 0 saturated carbocycles. The van der Waals surface area contributed by atoms with E-state index >= 15 is 0 Å². The van der Waals surface area contributed by atoms with Crippen LogP contribution >= 0.6 is 23.4 Å². The summed E-state index contributed by atoms with van der Waals surface area (Å²) in [6.45, 7) is 0. The molecule has 1 aromatic carbocycles. The molecule has 1 aromatic rings. The Kier molecular flexibility index (Phi) is 3.60. The number of amides is 1. The molecule has 0 spiro atoms. The van der Waals surface area contributed by atoms with Crippen LogP contribution in [0.4, 0.5) is 10.1 Å². The maximum atomic E-state index is 12.8. The number of nitrogen functional groups attached to an aromatic ring is 1. The zero-order chi connectivity index (χ0) is 10.7. The minimum absolute atomic E-state index is 0.0221. The van der Waals surface area contributed by atoms with E-state index in [0.29, 0.717) is 4.90 Å². The molecule has 0 atom stereocenters. The van der Waals surface area contributed by atoms with Crippen LogP contribution in [-0.4, -0.2) is 11.7 Å². The molecule has 6 heteroatoms. The molecule has 0 aromatic heterocycles. The van der Waals surface area contributed by atoms with Crippen LogP contribution in [0.5, 0.6) is 0 Å². The third-order valence-electron chi connectivity index (χ3n) is 1.42. The Morgan fingerprint density at radius 2 is 2.21 bits per heavy atom. The van der Waals surface area contributed by atoms with Gasteiger partial charge in [0.05, 0.1) is 10.8 Å². The second kappa shape index (κ2) is 4.52. The number of hydrogen-bond acceptors (Lipinski definition) is 3. The van der Waals surface area contributed by atoms with Gasteiger partial charge in [0.25, 0.3) is 0 Å². The first-order valence-corrected chi connectivity index (χ1v) is 5.02. The van der Waals surface area contributed by atoms with Crippen LogP contribution in [0.15, 0.2) is 17.0 Å². The second-order valence-corrected chi connectivity index (χ2v) is 3.98. The minimum Gasteiger partial charge on any atom is -0.398 e. The lowest BCUT2D eigenvalue weighted by Gasteiger charge is -2.04. The van der Waals surface area contributed by atoms with Gasteiger partial charge in [-0.15, -0.1) is 11.8 Å². The zero-order valence-electron chi connectivity index (χ0n) is 7.09. The third-order valence-corrected chi connectivity index (χ3v) is 2.81. The number of carbonyl (C=O) groups is 1. The van der Waals surface area contributed by atoms with Gasteiger partial charge in [-0.25, -0.2) is 4.39 Å². The number of halogens is 2. The summed E-state index contributed by atoms with van der Waals surface area (Å²) >= 11 is 6.67. The minimum atomic E-state index is -0.576. The van der Waals surface area contributed by atoms with Gasteiger partial charge in [0.2, 0.25) is 5.91 Å². The summed E-state index contributed by atoms with van der Waals surface area (Å²) in [6, 6.07) is 2.49.